The number of aryl methyl sites for hydroxylation is 3. The summed E-state index contributed by atoms with van der Waals surface area (Å²) < 4.78 is 1.83. The number of nitrogens with one attached hydrogen (secondary N) is 1. The first-order valence-electron chi connectivity index (χ1n) is 7.58. The minimum Gasteiger partial charge on any atom is -0.508 e. The quantitative estimate of drug-likeness (QED) is 0.728. The smallest absolute Gasteiger partial charge is 0.274 e. The number of hydrogen-bond donors (Lipinski definition) is 2. The van der Waals surface area contributed by atoms with Gasteiger partial charge in [0.2, 0.25) is 0 Å². The molecule has 2 heterocycles. The Balaban J connectivity index is 2.05. The Kier molecular flexibility index (Phi) is 3.78. The van der Waals surface area contributed by atoms with E-state index in [9.17, 15) is 9.90 Å². The van der Waals surface area contributed by atoms with E-state index in [0.717, 1.165) is 22.5 Å². The number of benzene rings is 1. The second kappa shape index (κ2) is 5.76. The second-order valence-corrected chi connectivity index (χ2v) is 5.60. The Bertz CT molecular complexity index is 897. The molecule has 0 bridgehead atoms. The van der Waals surface area contributed by atoms with E-state index in [-0.39, 0.29) is 11.7 Å². The van der Waals surface area contributed by atoms with E-state index in [1.165, 1.54) is 0 Å². The molecule has 0 aliphatic heterocycles. The molecule has 0 aliphatic carbocycles. The highest BCUT2D eigenvalue weighted by Gasteiger charge is 2.19. The summed E-state index contributed by atoms with van der Waals surface area (Å²) >= 11 is 0. The van der Waals surface area contributed by atoms with Crippen LogP contribution in [0.25, 0.3) is 5.65 Å². The van der Waals surface area contributed by atoms with E-state index in [1.807, 2.05) is 43.5 Å². The van der Waals surface area contributed by atoms with E-state index in [0.29, 0.717) is 17.8 Å². The first-order chi connectivity index (χ1) is 11.0. The van der Waals surface area contributed by atoms with Crippen LogP contribution in [0, 0.1) is 13.8 Å². The summed E-state index contributed by atoms with van der Waals surface area (Å²) in [5, 5.41) is 12.4. The highest BCUT2D eigenvalue weighted by atomic mass is 16.3. The molecule has 0 spiro atoms. The minimum absolute atomic E-state index is 0.181. The number of nitrogens with zero attached hydrogens (tertiary/aromatic N) is 2. The molecule has 0 atom stereocenters. The Morgan fingerprint density at radius 3 is 2.74 bits per heavy atom. The molecular formula is C18H19N3O2. The van der Waals surface area contributed by atoms with Gasteiger partial charge in [0, 0.05) is 11.9 Å². The molecule has 1 amide bonds. The molecule has 0 saturated heterocycles. The highest BCUT2D eigenvalue weighted by Crippen LogP contribution is 2.22. The minimum atomic E-state index is -0.200. The van der Waals surface area contributed by atoms with Gasteiger partial charge in [-0.05, 0) is 55.7 Å². The molecule has 0 radical (unpaired) electrons. The molecule has 2 aromatic heterocycles. The summed E-state index contributed by atoms with van der Waals surface area (Å²) in [4.78, 5) is 17.4. The fourth-order valence-corrected chi connectivity index (χ4v) is 2.71. The van der Waals surface area contributed by atoms with Crippen LogP contribution in [-0.4, -0.2) is 20.4 Å². The van der Waals surface area contributed by atoms with Gasteiger partial charge in [-0.25, -0.2) is 4.98 Å². The zero-order valence-corrected chi connectivity index (χ0v) is 13.4. The molecule has 3 aromatic rings. The largest absolute Gasteiger partial charge is 0.508 e. The van der Waals surface area contributed by atoms with E-state index < -0.39 is 0 Å². The van der Waals surface area contributed by atoms with E-state index in [4.69, 9.17) is 0 Å². The molecule has 0 fully saturated rings. The van der Waals surface area contributed by atoms with Crippen LogP contribution in [0.3, 0.4) is 0 Å². The van der Waals surface area contributed by atoms with Crippen LogP contribution >= 0.6 is 0 Å². The number of phenolic OH excluding ortho intramolecular Hbond substituents is 1. The van der Waals surface area contributed by atoms with Crippen LogP contribution in [0.15, 0.2) is 36.5 Å². The maximum Gasteiger partial charge on any atom is 0.274 e. The van der Waals surface area contributed by atoms with Gasteiger partial charge in [-0.1, -0.05) is 13.0 Å². The molecular weight excluding hydrogens is 290 g/mol. The fraction of sp³-hybridized carbons (Fsp3) is 0.222. The van der Waals surface area contributed by atoms with Crippen molar-refractivity contribution in [1.82, 2.24) is 9.38 Å². The predicted molar refractivity (Wildman–Crippen MR) is 90.1 cm³/mol. The zero-order chi connectivity index (χ0) is 16.6. The molecule has 5 nitrogen and oxygen atoms in total. The average molecular weight is 309 g/mol. The van der Waals surface area contributed by atoms with Gasteiger partial charge >= 0.3 is 0 Å². The van der Waals surface area contributed by atoms with Gasteiger partial charge in [0.05, 0.1) is 5.69 Å². The SMILES string of the molecule is CCc1nc2c(C)cccn2c1C(=O)Nc1ccc(O)cc1C. The third-order valence-electron chi connectivity index (χ3n) is 3.93. The third-order valence-corrected chi connectivity index (χ3v) is 3.93. The van der Waals surface area contributed by atoms with Crippen molar-refractivity contribution in [2.75, 3.05) is 5.32 Å². The van der Waals surface area contributed by atoms with Crippen LogP contribution in [0.5, 0.6) is 5.75 Å². The van der Waals surface area contributed by atoms with Crippen LogP contribution in [0.1, 0.15) is 34.2 Å². The third kappa shape index (κ3) is 2.65. The van der Waals surface area contributed by atoms with Crippen molar-refractivity contribution in [1.29, 1.82) is 0 Å². The van der Waals surface area contributed by atoms with Gasteiger partial charge in [-0.15, -0.1) is 0 Å². The molecule has 0 saturated carbocycles. The first kappa shape index (κ1) is 15.1. The summed E-state index contributed by atoms with van der Waals surface area (Å²) in [6.07, 6.45) is 2.53. The summed E-state index contributed by atoms with van der Waals surface area (Å²) in [6, 6.07) is 8.76. The maximum atomic E-state index is 12.8. The molecule has 23 heavy (non-hydrogen) atoms. The Labute approximate surface area is 134 Å². The molecule has 5 heteroatoms. The number of rotatable bonds is 3. The number of phenols is 1. The lowest BCUT2D eigenvalue weighted by Gasteiger charge is -2.09. The number of anilines is 1. The van der Waals surface area contributed by atoms with Crippen LogP contribution in [-0.2, 0) is 6.42 Å². The fourth-order valence-electron chi connectivity index (χ4n) is 2.71. The lowest BCUT2D eigenvalue weighted by molar-refractivity contribution is 0.102. The number of aromatic hydroxyl groups is 1. The highest BCUT2D eigenvalue weighted by molar-refractivity contribution is 6.05. The van der Waals surface area contributed by atoms with Crippen molar-refractivity contribution in [3.05, 3.63) is 59.0 Å². The van der Waals surface area contributed by atoms with Crippen molar-refractivity contribution in [2.24, 2.45) is 0 Å². The monoisotopic (exact) mass is 309 g/mol. The van der Waals surface area contributed by atoms with Crippen LogP contribution < -0.4 is 5.32 Å². The van der Waals surface area contributed by atoms with Crippen molar-refractivity contribution in [2.45, 2.75) is 27.2 Å². The Morgan fingerprint density at radius 2 is 2.04 bits per heavy atom. The summed E-state index contributed by atoms with van der Waals surface area (Å²) in [5.41, 5.74) is 4.64. The molecule has 118 valence electrons. The topological polar surface area (TPSA) is 66.6 Å². The number of amides is 1. The lowest BCUT2D eigenvalue weighted by Crippen LogP contribution is -2.17. The van der Waals surface area contributed by atoms with Gasteiger partial charge in [0.25, 0.3) is 5.91 Å². The van der Waals surface area contributed by atoms with E-state index in [2.05, 4.69) is 10.3 Å². The number of aromatic nitrogens is 2. The number of carbonyl (C=O) groups excluding carboxylic acids is 1. The van der Waals surface area contributed by atoms with Gasteiger partial charge in [0.1, 0.15) is 17.1 Å². The van der Waals surface area contributed by atoms with Crippen molar-refractivity contribution >= 4 is 17.2 Å². The van der Waals surface area contributed by atoms with Gasteiger partial charge in [-0.3, -0.25) is 9.20 Å². The van der Waals surface area contributed by atoms with Gasteiger partial charge in [-0.2, -0.15) is 0 Å². The molecule has 3 rings (SSSR count). The predicted octanol–water partition coefficient (Wildman–Crippen LogP) is 3.47. The number of imidazole rings is 1. The molecule has 2 N–H and O–H groups in total. The molecule has 1 aromatic carbocycles. The van der Waals surface area contributed by atoms with Crippen molar-refractivity contribution in [3.8, 4) is 5.75 Å². The van der Waals surface area contributed by atoms with Gasteiger partial charge in [0.15, 0.2) is 0 Å². The van der Waals surface area contributed by atoms with E-state index in [1.54, 1.807) is 18.2 Å². The van der Waals surface area contributed by atoms with Crippen LogP contribution in [0.4, 0.5) is 5.69 Å². The van der Waals surface area contributed by atoms with Crippen LogP contribution in [0.2, 0.25) is 0 Å². The lowest BCUT2D eigenvalue weighted by atomic mass is 10.1. The zero-order valence-electron chi connectivity index (χ0n) is 13.4. The van der Waals surface area contributed by atoms with Crippen molar-refractivity contribution < 1.29 is 9.90 Å². The molecule has 0 aliphatic rings. The van der Waals surface area contributed by atoms with Crippen molar-refractivity contribution in [3.63, 3.8) is 0 Å². The Morgan fingerprint density at radius 1 is 1.26 bits per heavy atom. The number of hydrogen-bond acceptors (Lipinski definition) is 3. The normalized spacial score (nSPS) is 10.9. The Hall–Kier alpha value is -2.82. The standard InChI is InChI=1S/C18H19N3O2/c1-4-14-16(21-9-5-6-11(2)17(21)19-14)18(23)20-15-8-7-13(22)10-12(15)3/h5-10,22H,4H2,1-3H3,(H,20,23). The number of fused-ring (bicyclic) bond motifs is 1. The first-order valence-corrected chi connectivity index (χ1v) is 7.58. The number of carbonyl (C=O) groups is 1. The average Bonchev–Trinajstić information content (AvgIpc) is 2.90. The summed E-state index contributed by atoms with van der Waals surface area (Å²) in [5.74, 6) is -0.0195. The molecule has 0 unspecified atom stereocenters. The van der Waals surface area contributed by atoms with E-state index >= 15 is 0 Å². The summed E-state index contributed by atoms with van der Waals surface area (Å²) in [7, 11) is 0. The summed E-state index contributed by atoms with van der Waals surface area (Å²) in [6.45, 7) is 5.81. The maximum absolute atomic E-state index is 12.8. The second-order valence-electron chi connectivity index (χ2n) is 5.60. The number of pyridine rings is 1. The van der Waals surface area contributed by atoms with Gasteiger partial charge < -0.3 is 10.4 Å².